The first kappa shape index (κ1) is 21.9. The summed E-state index contributed by atoms with van der Waals surface area (Å²) in [5, 5.41) is 9.13. The van der Waals surface area contributed by atoms with Gasteiger partial charge in [0.25, 0.3) is 5.91 Å². The number of aromatic nitrogens is 2. The SMILES string of the molecule is COc1cccc([C@@H]2C[C@H](C(F)(F)F)n3ncc(C(=O)Nc4ccc(F)c(Cl)c4)c3N2)c1. The highest BCUT2D eigenvalue weighted by atomic mass is 35.5. The van der Waals surface area contributed by atoms with E-state index >= 15 is 0 Å². The molecule has 1 aliphatic rings. The van der Waals surface area contributed by atoms with Crippen molar-refractivity contribution in [3.05, 3.63) is 70.6 Å². The average Bonchev–Trinajstić information content (AvgIpc) is 3.19. The standard InChI is InChI=1S/C21H17ClF4N4O2/c1-32-13-4-2-3-11(7-13)17-9-18(21(24,25)26)30-19(29-17)14(10-27-30)20(31)28-12-5-6-16(23)15(22)8-12/h2-8,10,17-18,29H,9H2,1H3,(H,28,31)/t17-,18+/m0/s1. The minimum absolute atomic E-state index is 0.0721. The van der Waals surface area contributed by atoms with Gasteiger partial charge in [-0.3, -0.25) is 4.79 Å². The minimum Gasteiger partial charge on any atom is -0.497 e. The molecule has 0 saturated heterocycles. The molecule has 2 aromatic carbocycles. The Hall–Kier alpha value is -3.27. The zero-order valence-corrected chi connectivity index (χ0v) is 17.3. The number of hydrogen-bond acceptors (Lipinski definition) is 4. The highest BCUT2D eigenvalue weighted by molar-refractivity contribution is 6.31. The summed E-state index contributed by atoms with van der Waals surface area (Å²) in [6.07, 6.45) is -3.84. The fraction of sp³-hybridized carbons (Fsp3) is 0.238. The number of anilines is 2. The number of rotatable bonds is 4. The van der Waals surface area contributed by atoms with E-state index in [0.717, 1.165) is 16.9 Å². The first-order valence-corrected chi connectivity index (χ1v) is 9.86. The van der Waals surface area contributed by atoms with Crippen molar-refractivity contribution in [1.29, 1.82) is 0 Å². The van der Waals surface area contributed by atoms with Gasteiger partial charge in [-0.2, -0.15) is 18.3 Å². The quantitative estimate of drug-likeness (QED) is 0.489. The van der Waals surface area contributed by atoms with Crippen molar-refractivity contribution in [2.24, 2.45) is 0 Å². The van der Waals surface area contributed by atoms with Crippen LogP contribution >= 0.6 is 11.6 Å². The molecular weight excluding hydrogens is 452 g/mol. The smallest absolute Gasteiger partial charge is 0.410 e. The highest BCUT2D eigenvalue weighted by Crippen LogP contribution is 2.44. The normalized spacial score (nSPS) is 17.9. The summed E-state index contributed by atoms with van der Waals surface area (Å²) in [6, 6.07) is 7.57. The number of methoxy groups -OCH3 is 1. The van der Waals surface area contributed by atoms with Crippen molar-refractivity contribution in [2.75, 3.05) is 17.7 Å². The molecule has 11 heteroatoms. The van der Waals surface area contributed by atoms with Crippen LogP contribution in [0.2, 0.25) is 5.02 Å². The van der Waals surface area contributed by atoms with Crippen LogP contribution in [0.25, 0.3) is 0 Å². The highest BCUT2D eigenvalue weighted by Gasteiger charge is 2.47. The van der Waals surface area contributed by atoms with E-state index in [2.05, 4.69) is 15.7 Å². The lowest BCUT2D eigenvalue weighted by Gasteiger charge is -2.34. The van der Waals surface area contributed by atoms with Crippen molar-refractivity contribution in [1.82, 2.24) is 9.78 Å². The molecule has 0 spiro atoms. The van der Waals surface area contributed by atoms with E-state index in [9.17, 15) is 22.4 Å². The van der Waals surface area contributed by atoms with Gasteiger partial charge in [0.2, 0.25) is 0 Å². The van der Waals surface area contributed by atoms with Crippen LogP contribution in [0.3, 0.4) is 0 Å². The average molecular weight is 469 g/mol. The molecule has 0 unspecified atom stereocenters. The second-order valence-electron chi connectivity index (χ2n) is 7.20. The zero-order chi connectivity index (χ0) is 23.0. The molecule has 0 fully saturated rings. The lowest BCUT2D eigenvalue weighted by atomic mass is 9.96. The maximum atomic E-state index is 13.8. The lowest BCUT2D eigenvalue weighted by Crippen LogP contribution is -2.36. The van der Waals surface area contributed by atoms with E-state index in [1.807, 2.05) is 0 Å². The molecule has 0 aliphatic carbocycles. The van der Waals surface area contributed by atoms with Crippen LogP contribution in [-0.2, 0) is 0 Å². The fourth-order valence-electron chi connectivity index (χ4n) is 3.58. The Morgan fingerprint density at radius 2 is 2.06 bits per heavy atom. The molecule has 32 heavy (non-hydrogen) atoms. The van der Waals surface area contributed by atoms with Crippen LogP contribution in [0.5, 0.6) is 5.75 Å². The van der Waals surface area contributed by atoms with Gasteiger partial charge in [0.05, 0.1) is 24.4 Å². The molecule has 1 amide bonds. The minimum atomic E-state index is -4.59. The summed E-state index contributed by atoms with van der Waals surface area (Å²) < 4.78 is 60.8. The van der Waals surface area contributed by atoms with Crippen LogP contribution in [0.1, 0.15) is 34.4 Å². The Morgan fingerprint density at radius 3 is 2.75 bits per heavy atom. The third-order valence-electron chi connectivity index (χ3n) is 5.16. The van der Waals surface area contributed by atoms with Gasteiger partial charge in [0.15, 0.2) is 6.04 Å². The fourth-order valence-corrected chi connectivity index (χ4v) is 3.76. The van der Waals surface area contributed by atoms with Gasteiger partial charge in [-0.1, -0.05) is 23.7 Å². The van der Waals surface area contributed by atoms with E-state index in [1.165, 1.54) is 19.2 Å². The topological polar surface area (TPSA) is 68.2 Å². The number of carbonyl (C=O) groups is 1. The van der Waals surface area contributed by atoms with Crippen molar-refractivity contribution < 1.29 is 27.1 Å². The van der Waals surface area contributed by atoms with Crippen molar-refractivity contribution in [3.8, 4) is 5.75 Å². The summed E-state index contributed by atoms with van der Waals surface area (Å²) in [4.78, 5) is 12.8. The third-order valence-corrected chi connectivity index (χ3v) is 5.45. The van der Waals surface area contributed by atoms with Crippen molar-refractivity contribution in [3.63, 3.8) is 0 Å². The number of benzene rings is 2. The molecule has 3 aromatic rings. The van der Waals surface area contributed by atoms with Gasteiger partial charge in [-0.25, -0.2) is 9.07 Å². The largest absolute Gasteiger partial charge is 0.497 e. The molecule has 6 nitrogen and oxygen atoms in total. The van der Waals surface area contributed by atoms with Gasteiger partial charge < -0.3 is 15.4 Å². The van der Waals surface area contributed by atoms with Crippen LogP contribution in [-0.4, -0.2) is 29.0 Å². The van der Waals surface area contributed by atoms with E-state index in [-0.39, 0.29) is 28.5 Å². The first-order valence-electron chi connectivity index (χ1n) is 9.48. The van der Waals surface area contributed by atoms with Gasteiger partial charge in [0.1, 0.15) is 22.9 Å². The van der Waals surface area contributed by atoms with Crippen LogP contribution in [0.4, 0.5) is 29.1 Å². The number of nitrogens with one attached hydrogen (secondary N) is 2. The molecule has 2 heterocycles. The Bertz CT molecular complexity index is 1160. The molecule has 0 radical (unpaired) electrons. The summed E-state index contributed by atoms with van der Waals surface area (Å²) in [5.74, 6) is -0.952. The predicted octanol–water partition coefficient (Wildman–Crippen LogP) is 5.60. The molecule has 0 saturated carbocycles. The van der Waals surface area contributed by atoms with Gasteiger partial charge in [-0.15, -0.1) is 0 Å². The van der Waals surface area contributed by atoms with Crippen LogP contribution in [0, 0.1) is 5.82 Å². The molecule has 1 aromatic heterocycles. The Balaban J connectivity index is 1.69. The van der Waals surface area contributed by atoms with Crippen LogP contribution < -0.4 is 15.4 Å². The Labute approximate surface area is 185 Å². The number of fused-ring (bicyclic) bond motifs is 1. The second-order valence-corrected chi connectivity index (χ2v) is 7.61. The number of nitrogens with zero attached hydrogens (tertiary/aromatic N) is 2. The van der Waals surface area contributed by atoms with E-state index in [4.69, 9.17) is 16.3 Å². The maximum Gasteiger partial charge on any atom is 0.410 e. The second kappa shape index (κ2) is 8.34. The van der Waals surface area contributed by atoms with Crippen molar-refractivity contribution >= 4 is 29.0 Å². The summed E-state index contributed by atoms with van der Waals surface area (Å²) in [5.41, 5.74) is 0.670. The maximum absolute atomic E-state index is 13.8. The van der Waals surface area contributed by atoms with E-state index in [0.29, 0.717) is 11.3 Å². The van der Waals surface area contributed by atoms with Crippen LogP contribution in [0.15, 0.2) is 48.7 Å². The molecule has 4 rings (SSSR count). The zero-order valence-electron chi connectivity index (χ0n) is 16.6. The number of amides is 1. The number of hydrogen-bond donors (Lipinski definition) is 2. The number of ether oxygens (including phenoxy) is 1. The Kier molecular flexibility index (Phi) is 5.72. The predicted molar refractivity (Wildman–Crippen MR) is 111 cm³/mol. The molecule has 0 bridgehead atoms. The molecule has 168 valence electrons. The number of carbonyl (C=O) groups excluding carboxylic acids is 1. The summed E-state index contributed by atoms with van der Waals surface area (Å²) >= 11 is 5.73. The van der Waals surface area contributed by atoms with Gasteiger partial charge in [0, 0.05) is 12.1 Å². The van der Waals surface area contributed by atoms with Gasteiger partial charge >= 0.3 is 6.18 Å². The number of halogens is 5. The molecule has 2 atom stereocenters. The molecule has 2 N–H and O–H groups in total. The first-order chi connectivity index (χ1) is 15.2. The monoisotopic (exact) mass is 468 g/mol. The van der Waals surface area contributed by atoms with E-state index < -0.39 is 30.0 Å². The Morgan fingerprint density at radius 1 is 1.28 bits per heavy atom. The van der Waals surface area contributed by atoms with E-state index in [1.54, 1.807) is 24.3 Å². The summed E-state index contributed by atoms with van der Waals surface area (Å²) in [6.45, 7) is 0. The number of alkyl halides is 3. The summed E-state index contributed by atoms with van der Waals surface area (Å²) in [7, 11) is 1.46. The molecular formula is C21H17ClF4N4O2. The van der Waals surface area contributed by atoms with Crippen molar-refractivity contribution in [2.45, 2.75) is 24.7 Å². The molecule has 1 aliphatic heterocycles. The lowest BCUT2D eigenvalue weighted by molar-refractivity contribution is -0.173. The third kappa shape index (κ3) is 4.22. The van der Waals surface area contributed by atoms with Gasteiger partial charge in [-0.05, 0) is 35.9 Å².